The van der Waals surface area contributed by atoms with Crippen LogP contribution in [0.3, 0.4) is 0 Å². The number of benzene rings is 8. The molecule has 37 N–H and O–H groups in total. The molecule has 16 rings (SSSR count). The molecule has 0 saturated carbocycles. The van der Waals surface area contributed by atoms with Gasteiger partial charge in [-0.3, -0.25) is 46.0 Å². The first-order valence-electron chi connectivity index (χ1n) is 40.9. The molecule has 8 aliphatic heterocycles. The van der Waals surface area contributed by atoms with Gasteiger partial charge in [-0.05, 0) is 103 Å². The van der Waals surface area contributed by atoms with E-state index in [1.807, 2.05) is 73.8 Å². The van der Waals surface area contributed by atoms with Crippen molar-refractivity contribution in [1.82, 2.24) is 14.7 Å². The zero-order valence-electron chi connectivity index (χ0n) is 78.0. The van der Waals surface area contributed by atoms with Crippen molar-refractivity contribution in [3.05, 3.63) is 151 Å². The van der Waals surface area contributed by atoms with Gasteiger partial charge in [-0.15, -0.1) is 0 Å². The van der Waals surface area contributed by atoms with Crippen LogP contribution in [0.4, 0.5) is 39.8 Å². The first kappa shape index (κ1) is 104. The lowest BCUT2D eigenvalue weighted by atomic mass is 10.2. The quantitative estimate of drug-likeness (QED) is 0.0706. The van der Waals surface area contributed by atoms with E-state index in [0.29, 0.717) is 105 Å². The van der Waals surface area contributed by atoms with Gasteiger partial charge in [0.2, 0.25) is 114 Å². The topological polar surface area (TPSA) is 840 Å². The molecule has 0 amide bonds. The summed E-state index contributed by atoms with van der Waals surface area (Å²) in [5.41, 5.74) is 93.1. The molecular weight excluding hydrogens is 1830 g/mol. The summed E-state index contributed by atoms with van der Waals surface area (Å²) in [6, 6.07) is 43.2. The second kappa shape index (κ2) is 50.4. The fraction of sp³-hybridized carbons (Fsp3) is 0.238. The number of aliphatic imine (C=N–C) groups is 13. The Hall–Kier alpha value is -19.5. The van der Waals surface area contributed by atoms with Gasteiger partial charge in [0.05, 0.1) is 17.9 Å². The normalized spacial score (nSPS) is 13.8. The number of fused-ring (bicyclic) bond motifs is 8. The van der Waals surface area contributed by atoms with Crippen molar-refractivity contribution in [1.29, 1.82) is 16.2 Å². The van der Waals surface area contributed by atoms with E-state index < -0.39 is 0 Å². The van der Waals surface area contributed by atoms with Gasteiger partial charge >= 0.3 is 0 Å². The lowest BCUT2D eigenvalue weighted by molar-refractivity contribution is 0.173. The Morgan fingerprint density at radius 2 is 0.650 bits per heavy atom. The highest BCUT2D eigenvalue weighted by Gasteiger charge is 2.24. The fourth-order valence-electron chi connectivity index (χ4n) is 11.3. The number of guanidine groups is 16. The highest BCUT2D eigenvalue weighted by Crippen LogP contribution is 2.42. The van der Waals surface area contributed by atoms with Gasteiger partial charge in [-0.2, -0.15) is 30.0 Å². The molecule has 140 heavy (non-hydrogen) atoms. The first-order valence-corrected chi connectivity index (χ1v) is 40.9. The largest absolute Gasteiger partial charge is 0.454 e. The molecule has 0 unspecified atom stereocenters. The van der Waals surface area contributed by atoms with Gasteiger partial charge in [0, 0.05) is 148 Å². The van der Waals surface area contributed by atoms with Crippen molar-refractivity contribution in [2.75, 3.05) is 157 Å². The van der Waals surface area contributed by atoms with E-state index in [1.165, 1.54) is 16.8 Å². The van der Waals surface area contributed by atoms with Crippen molar-refractivity contribution in [3.63, 3.8) is 0 Å². The van der Waals surface area contributed by atoms with E-state index >= 15 is 0 Å². The molecule has 0 aromatic heterocycles. The number of rotatable bonds is 9. The van der Waals surface area contributed by atoms with Crippen molar-refractivity contribution in [2.45, 2.75) is 6.54 Å². The third kappa shape index (κ3) is 31.1. The van der Waals surface area contributed by atoms with Gasteiger partial charge in [-0.25, -0.2) is 15.0 Å². The molecule has 0 spiro atoms. The van der Waals surface area contributed by atoms with E-state index in [0.717, 1.165) is 51.2 Å². The molecule has 0 saturated heterocycles. The van der Waals surface area contributed by atoms with Crippen molar-refractivity contribution in [2.24, 2.45) is 157 Å². The van der Waals surface area contributed by atoms with Crippen LogP contribution in [0.25, 0.3) is 0 Å². The maximum Gasteiger partial charge on any atom is 0.231 e. The highest BCUT2D eigenvalue weighted by molar-refractivity contribution is 6.06. The summed E-state index contributed by atoms with van der Waals surface area (Å²) in [5, 5.41) is 28.3. The average molecular weight is 1940 g/mol. The second-order valence-electron chi connectivity index (χ2n) is 28.4. The summed E-state index contributed by atoms with van der Waals surface area (Å²) in [6.45, 7) is 2.23. The maximum atomic E-state index is 7.92. The van der Waals surface area contributed by atoms with E-state index in [-0.39, 0.29) is 138 Å². The van der Waals surface area contributed by atoms with Crippen molar-refractivity contribution >= 4 is 135 Å². The van der Waals surface area contributed by atoms with Crippen LogP contribution in [0.1, 0.15) is 5.56 Å². The number of anilines is 5. The van der Waals surface area contributed by atoms with Crippen LogP contribution in [0.5, 0.6) is 92.0 Å². The highest BCUT2D eigenvalue weighted by atomic mass is 16.7. The lowest BCUT2D eigenvalue weighted by Gasteiger charge is -2.26. The molecular formula is C84H112N40O16. The molecule has 8 heterocycles. The van der Waals surface area contributed by atoms with Crippen LogP contribution in [-0.4, -0.2) is 242 Å². The summed E-state index contributed by atoms with van der Waals surface area (Å²) in [7, 11) is 18.3. The lowest BCUT2D eigenvalue weighted by Crippen LogP contribution is -2.45. The van der Waals surface area contributed by atoms with Crippen LogP contribution < -0.4 is 193 Å². The van der Waals surface area contributed by atoms with Crippen LogP contribution >= 0.6 is 0 Å². The third-order valence-electron chi connectivity index (χ3n) is 18.6. The number of ether oxygens (including phenoxy) is 16. The molecule has 0 atom stereocenters. The summed E-state index contributed by atoms with van der Waals surface area (Å²) in [4.78, 5) is 59.9. The van der Waals surface area contributed by atoms with Crippen LogP contribution in [0, 0.1) is 16.2 Å². The van der Waals surface area contributed by atoms with Crippen molar-refractivity contribution < 1.29 is 75.8 Å². The smallest absolute Gasteiger partial charge is 0.231 e. The van der Waals surface area contributed by atoms with E-state index in [2.05, 4.69) is 75.5 Å². The zero-order valence-corrected chi connectivity index (χ0v) is 78.0. The van der Waals surface area contributed by atoms with Crippen molar-refractivity contribution in [3.8, 4) is 92.0 Å². The molecule has 8 aliphatic rings. The van der Waals surface area contributed by atoms with Gasteiger partial charge in [0.1, 0.15) is 0 Å². The Kier molecular flexibility index (Phi) is 37.5. The summed E-state index contributed by atoms with van der Waals surface area (Å²) in [6.07, 6.45) is 0. The van der Waals surface area contributed by atoms with Gasteiger partial charge in [-0.1, -0.05) is 6.07 Å². The Balaban J connectivity index is 0.000000179. The number of nitrogens with zero attached hydrogens (tertiary/aromatic N) is 19. The Morgan fingerprint density at radius 3 is 1.05 bits per heavy atom. The minimum atomic E-state index is -0.187. The first-order chi connectivity index (χ1) is 66.9. The number of nitrogens with two attached hydrogens (primary N) is 16. The van der Waals surface area contributed by atoms with Gasteiger partial charge in [0.15, 0.2) is 128 Å². The predicted molar refractivity (Wildman–Crippen MR) is 536 cm³/mol. The molecule has 56 heteroatoms. The summed E-state index contributed by atoms with van der Waals surface area (Å²) in [5.74, 6) is 12.5. The van der Waals surface area contributed by atoms with Gasteiger partial charge < -0.3 is 198 Å². The summed E-state index contributed by atoms with van der Waals surface area (Å²) < 4.78 is 83.7. The van der Waals surface area contributed by atoms with E-state index in [4.69, 9.17) is 184 Å². The zero-order chi connectivity index (χ0) is 102. The minimum Gasteiger partial charge on any atom is -0.454 e. The molecule has 0 aliphatic carbocycles. The number of nitrogens with one attached hydrogen (secondary N) is 5. The molecule has 8 aromatic rings. The van der Waals surface area contributed by atoms with Crippen LogP contribution in [-0.2, 0) is 6.54 Å². The molecule has 0 radical (unpaired) electrons. The van der Waals surface area contributed by atoms with Crippen LogP contribution in [0.2, 0.25) is 0 Å². The maximum absolute atomic E-state index is 7.92. The standard InChI is InChI=1S/4C11H15N5O2.4C10H13N5O2/c1-16(2)11(13)15-10(12)14-7-3-4-8-9(5-7)18-6-17-8;1-14-10(12)15-11(13)16(2)7-3-4-8-9(5-7)18-6-17-8;1-15(11(14)16(2)10(12)13)7-3-4-8-9(5-7)18-6-17-8;1-14-11(15-10(12)13)16(2)7-3-4-8-9(5-7)18-6-17-8;1-13-9(11)15-10(12)14-6-2-3-7-8(4-6)17-5-16-7;1-15(9(11)12)10(13)14-6-2-3-7-8(4-6)17-5-16-7;1-13-10(15-9(11)12)14-6-2-3-7-8(4-6)17-5-16-7;11-9(12)15-10(13)14-4-6-1-2-7-8(3-6)17-5-16-7/h2*3-5H,6H2,1-2H3,(H4,12,13,14,15);3-5,14H,6H2,1-2H3,(H3,12,13);3-5H,6H2,1-2H3,(H4,12,13,14,15);2-4H,5H2,1H3,(H5,11,12,13,14,15);2-4H,5H2,1H3,(H3,11,12)(H2,13,14);2-4H,5H2,1H3,(H5,11,12,13,14,15);1-3H,4-5H2,(H6,11,12,13,14,15). The molecule has 0 fully saturated rings. The molecule has 0 bridgehead atoms. The molecule has 56 nitrogen and oxygen atoms in total. The minimum absolute atomic E-state index is 0.0387. The third-order valence-corrected chi connectivity index (χ3v) is 18.6. The SMILES string of the molecule is CN(C(=N)N)C(=N)N(C)c1ccc2c(c1)OCO2.CN(C(=N)N)C(N)=Nc1ccc2c(c1)OCO2.CN(C)C(N)=NC(N)=Nc1ccc2c(c1)OCO2.CN=C(N)N=C(N)N(C)c1ccc2c(c1)OCO2.CN=C(N)N=C(N)Nc1ccc2c(c1)OCO2.CN=C(N=C(N)N)N(C)c1ccc2c(c1)OCO2.CN=C(N=C(N)N)Nc1ccc2c(c1)OCO2.NC(N)=NC(N)=NCc1ccc2c(c1)OCO2. The molecule has 8 aromatic carbocycles. The Labute approximate surface area is 802 Å². The Morgan fingerprint density at radius 1 is 0.300 bits per heavy atom. The monoisotopic (exact) mass is 1940 g/mol. The second-order valence-corrected chi connectivity index (χ2v) is 28.4. The van der Waals surface area contributed by atoms with Crippen LogP contribution in [0.15, 0.2) is 210 Å². The van der Waals surface area contributed by atoms with E-state index in [9.17, 15) is 0 Å². The number of hydrogen-bond acceptors (Lipinski definition) is 26. The predicted octanol–water partition coefficient (Wildman–Crippen LogP) is 0.934. The molecule has 744 valence electrons. The van der Waals surface area contributed by atoms with Gasteiger partial charge in [0.25, 0.3) is 0 Å². The van der Waals surface area contributed by atoms with E-state index in [1.54, 1.807) is 162 Å². The Bertz CT molecular complexity index is 6150. The average Bonchev–Trinajstić information content (AvgIpc) is 1.50. The fourth-order valence-corrected chi connectivity index (χ4v) is 11.3. The summed E-state index contributed by atoms with van der Waals surface area (Å²) >= 11 is 0. The number of hydrogen-bond donors (Lipinski definition) is 21.